The zero-order chi connectivity index (χ0) is 11.0. The molecule has 1 nitrogen and oxygen atoms in total. The fraction of sp³-hybridized carbons (Fsp3) is 0.286. The summed E-state index contributed by atoms with van der Waals surface area (Å²) in [6, 6.07) is 0. The van der Waals surface area contributed by atoms with E-state index >= 15 is 0 Å². The molecule has 2 unspecified atom stereocenters. The molecule has 0 bridgehead atoms. The first-order valence-electron chi connectivity index (χ1n) is 3.32. The lowest BCUT2D eigenvalue weighted by molar-refractivity contribution is -0.116. The average Bonchev–Trinajstić information content (AvgIpc) is 2.11. The maximum atomic E-state index is 12.7. The summed E-state index contributed by atoms with van der Waals surface area (Å²) in [5.74, 6) is -11.1. The first kappa shape index (κ1) is 11.2. The zero-order valence-electron chi connectivity index (χ0n) is 6.33. The predicted octanol–water partition coefficient (Wildman–Crippen LogP) is 3.02. The van der Waals surface area contributed by atoms with Crippen LogP contribution in [-0.2, 0) is 4.79 Å². The van der Waals surface area contributed by atoms with Gasteiger partial charge in [0.05, 0.1) is 0 Å². The van der Waals surface area contributed by atoms with Crippen molar-refractivity contribution in [2.24, 2.45) is 5.92 Å². The second kappa shape index (κ2) is 3.68. The Morgan fingerprint density at radius 2 is 1.50 bits per heavy atom. The summed E-state index contributed by atoms with van der Waals surface area (Å²) in [6.07, 6.45) is -2.92. The van der Waals surface area contributed by atoms with Gasteiger partial charge in [-0.05, 0) is 11.6 Å². The molecule has 0 saturated heterocycles. The van der Waals surface area contributed by atoms with E-state index in [9.17, 15) is 26.7 Å². The molecule has 0 N–H and O–H groups in total. The van der Waals surface area contributed by atoms with Crippen LogP contribution in [0.2, 0.25) is 0 Å². The minimum atomic E-state index is -2.92. The number of rotatable bonds is 1. The first-order chi connectivity index (χ1) is 6.37. The summed E-state index contributed by atoms with van der Waals surface area (Å²) in [5.41, 5.74) is 0. The van der Waals surface area contributed by atoms with Crippen LogP contribution in [0.25, 0.3) is 0 Å². The normalized spacial score (nSPS) is 28.4. The Balaban J connectivity index is 3.25. The van der Waals surface area contributed by atoms with Crippen molar-refractivity contribution in [3.8, 4) is 0 Å². The second-order valence-corrected chi connectivity index (χ2v) is 2.88. The molecule has 0 amide bonds. The first-order valence-corrected chi connectivity index (χ1v) is 3.69. The summed E-state index contributed by atoms with van der Waals surface area (Å²) < 4.78 is 62.7. The molecule has 1 rings (SSSR count). The highest BCUT2D eigenvalue weighted by molar-refractivity contribution is 6.64. The van der Waals surface area contributed by atoms with Crippen LogP contribution < -0.4 is 0 Å². The number of carbonyl (C=O) groups excluding carboxylic acids is 1. The van der Waals surface area contributed by atoms with E-state index in [4.69, 9.17) is 11.6 Å². The molecule has 0 aromatic heterocycles. The van der Waals surface area contributed by atoms with Gasteiger partial charge in [0.2, 0.25) is 5.24 Å². The average molecular weight is 233 g/mol. The fourth-order valence-corrected chi connectivity index (χ4v) is 1.16. The lowest BCUT2D eigenvalue weighted by Crippen LogP contribution is -2.27. The van der Waals surface area contributed by atoms with Crippen molar-refractivity contribution >= 4 is 16.8 Å². The van der Waals surface area contributed by atoms with Crippen LogP contribution in [0.15, 0.2) is 23.3 Å². The third-order valence-corrected chi connectivity index (χ3v) is 1.90. The summed E-state index contributed by atoms with van der Waals surface area (Å²) in [6.45, 7) is 0. The van der Waals surface area contributed by atoms with E-state index < -0.39 is 40.6 Å². The molecule has 7 heteroatoms. The van der Waals surface area contributed by atoms with Gasteiger partial charge in [-0.1, -0.05) is 0 Å². The van der Waals surface area contributed by atoms with Gasteiger partial charge in [-0.3, -0.25) is 4.79 Å². The number of hydrogen-bond donors (Lipinski definition) is 0. The maximum absolute atomic E-state index is 12.7. The Bertz CT molecular complexity index is 348. The quantitative estimate of drug-likeness (QED) is 0.502. The highest BCUT2D eigenvalue weighted by atomic mass is 35.5. The maximum Gasteiger partial charge on any atom is 0.235 e. The van der Waals surface area contributed by atoms with Gasteiger partial charge in [0, 0.05) is 0 Å². The second-order valence-electron chi connectivity index (χ2n) is 2.51. The monoisotopic (exact) mass is 232 g/mol. The van der Waals surface area contributed by atoms with Gasteiger partial charge in [-0.15, -0.1) is 0 Å². The Hall–Kier alpha value is -0.910. The van der Waals surface area contributed by atoms with Crippen LogP contribution >= 0.6 is 11.6 Å². The SMILES string of the molecule is O=C(Cl)C1C(F)=C(F)C(F)=C(F)C1F. The van der Waals surface area contributed by atoms with Gasteiger partial charge in [-0.2, -0.15) is 0 Å². The molecule has 0 fully saturated rings. The predicted molar refractivity (Wildman–Crippen MR) is 37.7 cm³/mol. The minimum Gasteiger partial charge on any atom is -0.280 e. The highest BCUT2D eigenvalue weighted by Crippen LogP contribution is 2.40. The number of carbonyl (C=O) groups is 1. The Kier molecular flexibility index (Phi) is 2.94. The summed E-state index contributed by atoms with van der Waals surface area (Å²) in [5, 5.41) is -1.63. The van der Waals surface area contributed by atoms with Gasteiger partial charge in [-0.25, -0.2) is 22.0 Å². The van der Waals surface area contributed by atoms with Crippen LogP contribution in [0.1, 0.15) is 0 Å². The summed E-state index contributed by atoms with van der Waals surface area (Å²) in [7, 11) is 0. The molecule has 0 spiro atoms. The van der Waals surface area contributed by atoms with Gasteiger partial charge in [0.25, 0.3) is 0 Å². The van der Waals surface area contributed by atoms with Crippen molar-refractivity contribution < 1.29 is 26.7 Å². The molecule has 78 valence electrons. The van der Waals surface area contributed by atoms with Crippen molar-refractivity contribution in [1.29, 1.82) is 0 Å². The van der Waals surface area contributed by atoms with Crippen LogP contribution in [0, 0.1) is 5.92 Å². The van der Waals surface area contributed by atoms with E-state index in [1.807, 2.05) is 0 Å². The van der Waals surface area contributed by atoms with Crippen molar-refractivity contribution in [3.63, 3.8) is 0 Å². The molecule has 1 aliphatic rings. The molecule has 0 saturated carbocycles. The third-order valence-electron chi connectivity index (χ3n) is 1.66. The smallest absolute Gasteiger partial charge is 0.235 e. The van der Waals surface area contributed by atoms with E-state index in [0.717, 1.165) is 0 Å². The number of allylic oxidation sites excluding steroid dienone is 4. The Morgan fingerprint density at radius 3 is 1.93 bits per heavy atom. The van der Waals surface area contributed by atoms with Crippen LogP contribution in [0.3, 0.4) is 0 Å². The molecule has 0 aromatic carbocycles. The van der Waals surface area contributed by atoms with Crippen LogP contribution in [-0.4, -0.2) is 11.4 Å². The van der Waals surface area contributed by atoms with E-state index in [1.54, 1.807) is 0 Å². The fourth-order valence-electron chi connectivity index (χ4n) is 0.957. The van der Waals surface area contributed by atoms with Gasteiger partial charge >= 0.3 is 0 Å². The molecule has 0 aliphatic heterocycles. The summed E-state index contributed by atoms with van der Waals surface area (Å²) in [4.78, 5) is 10.4. The Morgan fingerprint density at radius 1 is 1.07 bits per heavy atom. The largest absolute Gasteiger partial charge is 0.280 e. The number of halogens is 6. The van der Waals surface area contributed by atoms with Gasteiger partial charge < -0.3 is 0 Å². The van der Waals surface area contributed by atoms with Gasteiger partial charge in [0.1, 0.15) is 5.92 Å². The lowest BCUT2D eigenvalue weighted by Gasteiger charge is -2.19. The molecule has 0 heterocycles. The van der Waals surface area contributed by atoms with Crippen molar-refractivity contribution in [2.45, 2.75) is 6.17 Å². The molecular formula is C7H2ClF5O. The van der Waals surface area contributed by atoms with Crippen molar-refractivity contribution in [2.75, 3.05) is 0 Å². The molecule has 0 aromatic rings. The van der Waals surface area contributed by atoms with Crippen molar-refractivity contribution in [1.82, 2.24) is 0 Å². The zero-order valence-corrected chi connectivity index (χ0v) is 7.09. The third kappa shape index (κ3) is 1.54. The Labute approximate surface area is 79.8 Å². The highest BCUT2D eigenvalue weighted by Gasteiger charge is 2.43. The van der Waals surface area contributed by atoms with E-state index in [-0.39, 0.29) is 0 Å². The van der Waals surface area contributed by atoms with Crippen molar-refractivity contribution in [3.05, 3.63) is 23.3 Å². The minimum absolute atomic E-state index is 1.63. The number of alkyl halides is 1. The lowest BCUT2D eigenvalue weighted by atomic mass is 9.96. The van der Waals surface area contributed by atoms with E-state index in [1.165, 1.54) is 0 Å². The van der Waals surface area contributed by atoms with Crippen LogP contribution in [0.5, 0.6) is 0 Å². The molecule has 14 heavy (non-hydrogen) atoms. The summed E-state index contributed by atoms with van der Waals surface area (Å²) >= 11 is 4.69. The number of hydrogen-bond acceptors (Lipinski definition) is 1. The van der Waals surface area contributed by atoms with E-state index in [0.29, 0.717) is 0 Å². The molecular weight excluding hydrogens is 231 g/mol. The van der Waals surface area contributed by atoms with E-state index in [2.05, 4.69) is 0 Å². The topological polar surface area (TPSA) is 17.1 Å². The molecule has 1 aliphatic carbocycles. The van der Waals surface area contributed by atoms with Gasteiger partial charge in [0.15, 0.2) is 29.5 Å². The van der Waals surface area contributed by atoms with Crippen LogP contribution in [0.4, 0.5) is 22.0 Å². The molecule has 0 radical (unpaired) electrons. The molecule has 2 atom stereocenters. The standard InChI is InChI=1S/C7H2ClF5O/c8-7(14)1-2(9)4(11)6(13)5(12)3(1)10/h1-2H.